The summed E-state index contributed by atoms with van der Waals surface area (Å²) in [4.78, 5) is 14.2. The Labute approximate surface area is 151 Å². The van der Waals surface area contributed by atoms with E-state index in [1.54, 1.807) is 24.3 Å². The number of rotatable bonds is 6. The number of hydrogen-bond acceptors (Lipinski definition) is 4. The highest BCUT2D eigenvalue weighted by Crippen LogP contribution is 2.22. The fourth-order valence-electron chi connectivity index (χ4n) is 2.55. The number of halogens is 1. The number of hydrogen-bond donors (Lipinski definition) is 1. The van der Waals surface area contributed by atoms with E-state index in [4.69, 9.17) is 0 Å². The molecular formula is C20H19FN4O. The third-order valence-corrected chi connectivity index (χ3v) is 3.91. The molecule has 132 valence electrons. The van der Waals surface area contributed by atoms with Crippen molar-refractivity contribution in [2.75, 3.05) is 11.4 Å². The first kappa shape index (κ1) is 17.5. The third-order valence-electron chi connectivity index (χ3n) is 3.91. The Hall–Kier alpha value is -3.28. The van der Waals surface area contributed by atoms with Crippen LogP contribution in [0, 0.1) is 5.82 Å². The Morgan fingerprint density at radius 1 is 1.00 bits per heavy atom. The Morgan fingerprint density at radius 3 is 2.35 bits per heavy atom. The lowest BCUT2D eigenvalue weighted by Crippen LogP contribution is -2.25. The van der Waals surface area contributed by atoms with Gasteiger partial charge in [-0.15, -0.1) is 10.2 Å². The number of aromatic nitrogens is 2. The minimum absolute atomic E-state index is 0.236. The van der Waals surface area contributed by atoms with Crippen LogP contribution in [0.5, 0.6) is 0 Å². The van der Waals surface area contributed by atoms with E-state index in [9.17, 15) is 9.18 Å². The maximum absolute atomic E-state index is 12.9. The Kier molecular flexibility index (Phi) is 5.53. The quantitative estimate of drug-likeness (QED) is 0.736. The van der Waals surface area contributed by atoms with Crippen molar-refractivity contribution in [3.05, 3.63) is 83.8 Å². The van der Waals surface area contributed by atoms with Gasteiger partial charge in [0.25, 0.3) is 5.91 Å². The number of anilines is 2. The lowest BCUT2D eigenvalue weighted by atomic mass is 10.2. The smallest absolute Gasteiger partial charge is 0.272 e. The average molecular weight is 350 g/mol. The highest BCUT2D eigenvalue weighted by molar-refractivity contribution is 5.92. The van der Waals surface area contributed by atoms with Gasteiger partial charge in [0, 0.05) is 18.8 Å². The number of carbonyl (C=O) groups excluding carboxylic acids is 1. The van der Waals surface area contributed by atoms with E-state index in [2.05, 4.69) is 15.5 Å². The van der Waals surface area contributed by atoms with Gasteiger partial charge in [-0.1, -0.05) is 30.3 Å². The summed E-state index contributed by atoms with van der Waals surface area (Å²) in [5, 5.41) is 11.0. The standard InChI is InChI=1S/C20H19FN4O/c1-2-25(17-6-4-3-5-7-17)19-13-12-18(23-24-19)20(26)22-14-15-8-10-16(21)11-9-15/h3-13H,2,14H2,1H3,(H,22,26). The summed E-state index contributed by atoms with van der Waals surface area (Å²) in [6, 6.07) is 19.3. The van der Waals surface area contributed by atoms with Crippen LogP contribution in [-0.2, 0) is 6.54 Å². The number of nitrogens with zero attached hydrogens (tertiary/aromatic N) is 3. The SMILES string of the molecule is CCN(c1ccccc1)c1ccc(C(=O)NCc2ccc(F)cc2)nn1. The number of para-hydroxylation sites is 1. The molecule has 1 N–H and O–H groups in total. The molecule has 0 aliphatic carbocycles. The topological polar surface area (TPSA) is 58.1 Å². The van der Waals surface area contributed by atoms with Crippen molar-refractivity contribution in [3.63, 3.8) is 0 Å². The molecule has 0 saturated carbocycles. The fourth-order valence-corrected chi connectivity index (χ4v) is 2.55. The van der Waals surface area contributed by atoms with Crippen LogP contribution in [0.4, 0.5) is 15.9 Å². The van der Waals surface area contributed by atoms with Crippen LogP contribution in [0.1, 0.15) is 23.0 Å². The molecular weight excluding hydrogens is 331 g/mol. The molecule has 3 aromatic rings. The molecule has 26 heavy (non-hydrogen) atoms. The number of nitrogens with one attached hydrogen (secondary N) is 1. The predicted octanol–water partition coefficient (Wildman–Crippen LogP) is 3.70. The third kappa shape index (κ3) is 4.22. The van der Waals surface area contributed by atoms with Crippen LogP contribution in [0.3, 0.4) is 0 Å². The largest absolute Gasteiger partial charge is 0.347 e. The van der Waals surface area contributed by atoms with Crippen LogP contribution in [0.25, 0.3) is 0 Å². The second-order valence-corrected chi connectivity index (χ2v) is 5.67. The Balaban J connectivity index is 1.66. The molecule has 0 radical (unpaired) electrons. The van der Waals surface area contributed by atoms with Gasteiger partial charge in [0.2, 0.25) is 0 Å². The summed E-state index contributed by atoms with van der Waals surface area (Å²) < 4.78 is 12.9. The molecule has 0 bridgehead atoms. The van der Waals surface area contributed by atoms with Crippen molar-refractivity contribution < 1.29 is 9.18 Å². The molecule has 1 aromatic heterocycles. The lowest BCUT2D eigenvalue weighted by Gasteiger charge is -2.21. The van der Waals surface area contributed by atoms with Crippen molar-refractivity contribution in [3.8, 4) is 0 Å². The van der Waals surface area contributed by atoms with Crippen molar-refractivity contribution >= 4 is 17.4 Å². The van der Waals surface area contributed by atoms with Gasteiger partial charge in [0.1, 0.15) is 5.82 Å². The van der Waals surface area contributed by atoms with Gasteiger partial charge in [0.05, 0.1) is 0 Å². The summed E-state index contributed by atoms with van der Waals surface area (Å²) in [6.45, 7) is 3.06. The minimum Gasteiger partial charge on any atom is -0.347 e. The van der Waals surface area contributed by atoms with Crippen molar-refractivity contribution in [1.82, 2.24) is 15.5 Å². The van der Waals surface area contributed by atoms with Gasteiger partial charge in [-0.05, 0) is 48.9 Å². The molecule has 0 unspecified atom stereocenters. The van der Waals surface area contributed by atoms with Crippen LogP contribution in [0.2, 0.25) is 0 Å². The average Bonchev–Trinajstić information content (AvgIpc) is 2.69. The van der Waals surface area contributed by atoms with Crippen LogP contribution >= 0.6 is 0 Å². The molecule has 2 aromatic carbocycles. The van der Waals surface area contributed by atoms with Gasteiger partial charge < -0.3 is 10.2 Å². The predicted molar refractivity (Wildman–Crippen MR) is 98.7 cm³/mol. The second-order valence-electron chi connectivity index (χ2n) is 5.67. The lowest BCUT2D eigenvalue weighted by molar-refractivity contribution is 0.0945. The van der Waals surface area contributed by atoms with Crippen LogP contribution in [0.15, 0.2) is 66.7 Å². The van der Waals surface area contributed by atoms with Gasteiger partial charge in [0.15, 0.2) is 11.5 Å². The summed E-state index contributed by atoms with van der Waals surface area (Å²) in [6.07, 6.45) is 0. The highest BCUT2D eigenvalue weighted by Gasteiger charge is 2.12. The fraction of sp³-hybridized carbons (Fsp3) is 0.150. The zero-order valence-electron chi connectivity index (χ0n) is 14.4. The zero-order chi connectivity index (χ0) is 18.4. The molecule has 6 heteroatoms. The van der Waals surface area contributed by atoms with Gasteiger partial charge in [-0.3, -0.25) is 4.79 Å². The Bertz CT molecular complexity index is 851. The molecule has 0 saturated heterocycles. The van der Waals surface area contributed by atoms with E-state index < -0.39 is 0 Å². The minimum atomic E-state index is -0.323. The van der Waals surface area contributed by atoms with Crippen LogP contribution in [-0.4, -0.2) is 22.6 Å². The molecule has 0 aliphatic rings. The van der Waals surface area contributed by atoms with Crippen molar-refractivity contribution in [1.29, 1.82) is 0 Å². The molecule has 0 aliphatic heterocycles. The van der Waals surface area contributed by atoms with E-state index in [1.807, 2.05) is 42.2 Å². The van der Waals surface area contributed by atoms with Crippen molar-refractivity contribution in [2.24, 2.45) is 0 Å². The number of amides is 1. The molecule has 0 spiro atoms. The van der Waals surface area contributed by atoms with Crippen molar-refractivity contribution in [2.45, 2.75) is 13.5 Å². The first-order chi connectivity index (χ1) is 12.7. The van der Waals surface area contributed by atoms with E-state index in [0.29, 0.717) is 12.4 Å². The highest BCUT2D eigenvalue weighted by atomic mass is 19.1. The van der Waals surface area contributed by atoms with E-state index in [-0.39, 0.29) is 17.4 Å². The molecule has 1 amide bonds. The molecule has 5 nitrogen and oxygen atoms in total. The summed E-state index contributed by atoms with van der Waals surface area (Å²) >= 11 is 0. The first-order valence-electron chi connectivity index (χ1n) is 8.36. The first-order valence-corrected chi connectivity index (χ1v) is 8.36. The maximum atomic E-state index is 12.9. The monoisotopic (exact) mass is 350 g/mol. The second kappa shape index (κ2) is 8.20. The van der Waals surface area contributed by atoms with E-state index in [0.717, 1.165) is 17.8 Å². The normalized spacial score (nSPS) is 10.4. The van der Waals surface area contributed by atoms with E-state index in [1.165, 1.54) is 12.1 Å². The molecule has 0 atom stereocenters. The maximum Gasteiger partial charge on any atom is 0.272 e. The zero-order valence-corrected chi connectivity index (χ0v) is 14.4. The molecule has 1 heterocycles. The van der Waals surface area contributed by atoms with Crippen LogP contribution < -0.4 is 10.2 Å². The summed E-state index contributed by atoms with van der Waals surface area (Å²) in [5.41, 5.74) is 2.06. The number of benzene rings is 2. The Morgan fingerprint density at radius 2 is 1.73 bits per heavy atom. The number of carbonyl (C=O) groups is 1. The molecule has 0 fully saturated rings. The van der Waals surface area contributed by atoms with Gasteiger partial charge in [-0.25, -0.2) is 4.39 Å². The summed E-state index contributed by atoms with van der Waals surface area (Å²) in [7, 11) is 0. The van der Waals surface area contributed by atoms with Gasteiger partial charge >= 0.3 is 0 Å². The van der Waals surface area contributed by atoms with E-state index >= 15 is 0 Å². The molecule has 3 rings (SSSR count). The summed E-state index contributed by atoms with van der Waals surface area (Å²) in [5.74, 6) is 0.0466. The van der Waals surface area contributed by atoms with Gasteiger partial charge in [-0.2, -0.15) is 0 Å².